The molecule has 0 saturated heterocycles. The number of unbranched alkanes of at least 4 members (excludes halogenated alkanes) is 10. The molecule has 0 aliphatic heterocycles. The van der Waals surface area contributed by atoms with E-state index >= 15 is 0 Å². The Balaban J connectivity index is 2.19. The minimum absolute atomic E-state index is 0.0664. The molecule has 1 aliphatic carbocycles. The third-order valence-corrected chi connectivity index (χ3v) is 7.42. The number of likely N-dealkylation sites (N-methyl/N-ethyl adjacent to an activating group) is 1. The molecular weight excluding hydrogens is 414 g/mol. The summed E-state index contributed by atoms with van der Waals surface area (Å²) in [5, 5.41) is 0. The largest absolute Gasteiger partial charge is 0.464 e. The minimum Gasteiger partial charge on any atom is -0.464 e. The van der Waals surface area contributed by atoms with E-state index in [1.165, 1.54) is 69.1 Å². The molecule has 1 rings (SSSR count). The van der Waals surface area contributed by atoms with Crippen LogP contribution in [0, 0.1) is 17.8 Å². The van der Waals surface area contributed by atoms with Gasteiger partial charge >= 0.3 is 12.1 Å². The summed E-state index contributed by atoms with van der Waals surface area (Å²) in [4.78, 5) is 26.5. The van der Waals surface area contributed by atoms with Crippen LogP contribution in [0.4, 0.5) is 4.79 Å². The van der Waals surface area contributed by atoms with E-state index in [-0.39, 0.29) is 12.1 Å². The summed E-state index contributed by atoms with van der Waals surface area (Å²) in [5.74, 6) is 1.09. The standard InChI is InChI=1S/C28H53NO4/c1-7-8-9-10-11-12-13-14-15-16-17-20-32-27(30)24(5)29(6)28(31)33-26-21-23(4)18-19-25(26)22(2)3/h22-26H,7-21H2,1-6H3. The molecule has 0 radical (unpaired) electrons. The molecule has 1 fully saturated rings. The van der Waals surface area contributed by atoms with Crippen molar-refractivity contribution < 1.29 is 19.1 Å². The Kier molecular flexibility index (Phi) is 15.5. The first-order valence-corrected chi connectivity index (χ1v) is 13.9. The molecule has 0 spiro atoms. The van der Waals surface area contributed by atoms with E-state index in [1.807, 2.05) is 0 Å². The summed E-state index contributed by atoms with van der Waals surface area (Å²) in [6, 6.07) is -0.635. The van der Waals surface area contributed by atoms with Crippen molar-refractivity contribution in [2.45, 2.75) is 137 Å². The van der Waals surface area contributed by atoms with Crippen molar-refractivity contribution in [1.29, 1.82) is 0 Å². The molecule has 0 aromatic heterocycles. The van der Waals surface area contributed by atoms with Gasteiger partial charge in [0.05, 0.1) is 6.61 Å². The van der Waals surface area contributed by atoms with Gasteiger partial charge in [0.1, 0.15) is 12.1 Å². The maximum atomic E-state index is 12.7. The highest BCUT2D eigenvalue weighted by atomic mass is 16.6. The van der Waals surface area contributed by atoms with E-state index in [0.717, 1.165) is 25.7 Å². The van der Waals surface area contributed by atoms with E-state index in [2.05, 4.69) is 27.7 Å². The lowest BCUT2D eigenvalue weighted by atomic mass is 9.75. The number of rotatable bonds is 16. The van der Waals surface area contributed by atoms with Crippen LogP contribution in [-0.2, 0) is 14.3 Å². The van der Waals surface area contributed by atoms with Crippen LogP contribution < -0.4 is 0 Å². The molecule has 0 aromatic carbocycles. The minimum atomic E-state index is -0.635. The molecule has 0 N–H and O–H groups in total. The highest BCUT2D eigenvalue weighted by molar-refractivity contribution is 5.80. The van der Waals surface area contributed by atoms with Crippen LogP contribution >= 0.6 is 0 Å². The van der Waals surface area contributed by atoms with Gasteiger partial charge in [0, 0.05) is 7.05 Å². The number of hydrogen-bond donors (Lipinski definition) is 0. The summed E-state index contributed by atoms with van der Waals surface area (Å²) in [5.41, 5.74) is 0. The molecule has 1 amide bonds. The van der Waals surface area contributed by atoms with Crippen LogP contribution in [0.1, 0.15) is 125 Å². The van der Waals surface area contributed by atoms with Crippen LogP contribution in [0.15, 0.2) is 0 Å². The first-order valence-electron chi connectivity index (χ1n) is 13.9. The van der Waals surface area contributed by atoms with Crippen molar-refractivity contribution in [3.8, 4) is 0 Å². The van der Waals surface area contributed by atoms with Crippen molar-refractivity contribution in [3.63, 3.8) is 0 Å². The van der Waals surface area contributed by atoms with Gasteiger partial charge in [-0.1, -0.05) is 98.3 Å². The second kappa shape index (κ2) is 17.2. The summed E-state index contributed by atoms with van der Waals surface area (Å²) in [7, 11) is 1.63. The number of esters is 1. The number of nitrogens with zero attached hydrogens (tertiary/aromatic N) is 1. The van der Waals surface area contributed by atoms with Gasteiger partial charge in [0.25, 0.3) is 0 Å². The molecule has 4 atom stereocenters. The fourth-order valence-electron chi connectivity index (χ4n) is 4.84. The van der Waals surface area contributed by atoms with Crippen LogP contribution in [0.25, 0.3) is 0 Å². The topological polar surface area (TPSA) is 55.8 Å². The lowest BCUT2D eigenvalue weighted by Gasteiger charge is -2.37. The highest BCUT2D eigenvalue weighted by Crippen LogP contribution is 2.35. The monoisotopic (exact) mass is 467 g/mol. The zero-order valence-corrected chi connectivity index (χ0v) is 22.6. The lowest BCUT2D eigenvalue weighted by molar-refractivity contribution is -0.148. The highest BCUT2D eigenvalue weighted by Gasteiger charge is 2.35. The van der Waals surface area contributed by atoms with Crippen molar-refractivity contribution >= 4 is 12.1 Å². The zero-order chi connectivity index (χ0) is 24.6. The van der Waals surface area contributed by atoms with Gasteiger partial charge in [-0.2, -0.15) is 0 Å². The maximum absolute atomic E-state index is 12.7. The second-order valence-corrected chi connectivity index (χ2v) is 10.7. The van der Waals surface area contributed by atoms with E-state index < -0.39 is 12.1 Å². The normalized spacial score (nSPS) is 21.6. The molecule has 4 unspecified atom stereocenters. The molecule has 1 aliphatic rings. The summed E-state index contributed by atoms with van der Waals surface area (Å²) < 4.78 is 11.3. The predicted octanol–water partition coefficient (Wildman–Crippen LogP) is 7.76. The number of hydrogen-bond acceptors (Lipinski definition) is 4. The van der Waals surface area contributed by atoms with E-state index in [4.69, 9.17) is 9.47 Å². The van der Waals surface area contributed by atoms with Gasteiger partial charge in [-0.15, -0.1) is 0 Å². The summed E-state index contributed by atoms with van der Waals surface area (Å²) in [6.07, 6.45) is 16.6. The Hall–Kier alpha value is -1.26. The van der Waals surface area contributed by atoms with Gasteiger partial charge in [-0.25, -0.2) is 9.59 Å². The molecule has 33 heavy (non-hydrogen) atoms. The maximum Gasteiger partial charge on any atom is 0.410 e. The van der Waals surface area contributed by atoms with Gasteiger partial charge in [0.2, 0.25) is 0 Å². The van der Waals surface area contributed by atoms with E-state index in [0.29, 0.717) is 24.4 Å². The van der Waals surface area contributed by atoms with E-state index in [1.54, 1.807) is 14.0 Å². The number of ether oxygens (including phenoxy) is 2. The third-order valence-electron chi connectivity index (χ3n) is 7.42. The van der Waals surface area contributed by atoms with Crippen molar-refractivity contribution in [2.75, 3.05) is 13.7 Å². The SMILES string of the molecule is CCCCCCCCCCCCCOC(=O)C(C)N(C)C(=O)OC1CC(C)CCC1C(C)C. The first-order chi connectivity index (χ1) is 15.8. The zero-order valence-electron chi connectivity index (χ0n) is 22.6. The van der Waals surface area contributed by atoms with Crippen molar-refractivity contribution in [3.05, 3.63) is 0 Å². The molecule has 194 valence electrons. The fourth-order valence-corrected chi connectivity index (χ4v) is 4.84. The number of carbonyl (C=O) groups is 2. The van der Waals surface area contributed by atoms with Crippen LogP contribution in [0.2, 0.25) is 0 Å². The summed E-state index contributed by atoms with van der Waals surface area (Å²) >= 11 is 0. The van der Waals surface area contributed by atoms with Gasteiger partial charge < -0.3 is 9.47 Å². The smallest absolute Gasteiger partial charge is 0.410 e. The molecule has 5 nitrogen and oxygen atoms in total. The Morgan fingerprint density at radius 3 is 1.97 bits per heavy atom. The Morgan fingerprint density at radius 2 is 1.42 bits per heavy atom. The first kappa shape index (κ1) is 29.8. The summed E-state index contributed by atoms with van der Waals surface area (Å²) in [6.45, 7) is 11.0. The quantitative estimate of drug-likeness (QED) is 0.172. The fraction of sp³-hybridized carbons (Fsp3) is 0.929. The van der Waals surface area contributed by atoms with Crippen LogP contribution in [0.3, 0.4) is 0 Å². The Labute approximate surface area is 204 Å². The van der Waals surface area contributed by atoms with Gasteiger partial charge in [-0.3, -0.25) is 4.90 Å². The predicted molar refractivity (Wildman–Crippen MR) is 136 cm³/mol. The lowest BCUT2D eigenvalue weighted by Crippen LogP contribution is -2.45. The van der Waals surface area contributed by atoms with Gasteiger partial charge in [0.15, 0.2) is 0 Å². The van der Waals surface area contributed by atoms with Crippen LogP contribution in [-0.4, -0.2) is 42.8 Å². The molecule has 5 heteroatoms. The van der Waals surface area contributed by atoms with Gasteiger partial charge in [-0.05, 0) is 43.9 Å². The molecule has 0 aromatic rings. The number of amides is 1. The third kappa shape index (κ3) is 12.1. The average molecular weight is 468 g/mol. The number of carbonyl (C=O) groups excluding carboxylic acids is 2. The van der Waals surface area contributed by atoms with Crippen molar-refractivity contribution in [1.82, 2.24) is 4.90 Å². The second-order valence-electron chi connectivity index (χ2n) is 10.7. The molecule has 1 saturated carbocycles. The molecule has 0 heterocycles. The molecule has 0 bridgehead atoms. The average Bonchev–Trinajstić information content (AvgIpc) is 2.78. The van der Waals surface area contributed by atoms with Crippen molar-refractivity contribution in [2.24, 2.45) is 17.8 Å². The Morgan fingerprint density at radius 1 is 0.879 bits per heavy atom. The molecular formula is C28H53NO4. The Bertz CT molecular complexity index is 536. The van der Waals surface area contributed by atoms with Crippen LogP contribution in [0.5, 0.6) is 0 Å². The van der Waals surface area contributed by atoms with E-state index in [9.17, 15) is 9.59 Å².